The van der Waals surface area contributed by atoms with Crippen LogP contribution in [-0.2, 0) is 9.59 Å². The van der Waals surface area contributed by atoms with Crippen molar-refractivity contribution in [3.8, 4) is 0 Å². The lowest BCUT2D eigenvalue weighted by Gasteiger charge is -2.26. The number of H-pyrrole nitrogens is 1. The van der Waals surface area contributed by atoms with E-state index >= 15 is 0 Å². The third-order valence-corrected chi connectivity index (χ3v) is 4.79. The predicted molar refractivity (Wildman–Crippen MR) is 95.6 cm³/mol. The largest absolute Gasteiger partial charge is 0.351 e. The molecule has 1 saturated heterocycles. The van der Waals surface area contributed by atoms with Crippen LogP contribution in [0, 0.1) is 18.8 Å². The van der Waals surface area contributed by atoms with E-state index in [1.54, 1.807) is 0 Å². The van der Waals surface area contributed by atoms with E-state index in [2.05, 4.69) is 20.5 Å². The second kappa shape index (κ2) is 8.45. The molecule has 2 N–H and O–H groups in total. The van der Waals surface area contributed by atoms with E-state index in [0.717, 1.165) is 18.7 Å². The van der Waals surface area contributed by atoms with E-state index in [4.69, 9.17) is 0 Å². The number of nitrogens with one attached hydrogen (secondary N) is 2. The van der Waals surface area contributed by atoms with Gasteiger partial charge in [0.2, 0.25) is 11.8 Å². The number of amides is 2. The van der Waals surface area contributed by atoms with Crippen LogP contribution in [0.1, 0.15) is 71.1 Å². The molecule has 0 spiro atoms. The lowest BCUT2D eigenvalue weighted by molar-refractivity contribution is -0.137. The maximum Gasteiger partial charge on any atom is 0.226 e. The third-order valence-electron chi connectivity index (χ3n) is 4.79. The highest BCUT2D eigenvalue weighted by Crippen LogP contribution is 2.32. The van der Waals surface area contributed by atoms with Crippen LogP contribution in [-0.4, -0.2) is 44.5 Å². The summed E-state index contributed by atoms with van der Waals surface area (Å²) in [5.41, 5.74) is 0. The zero-order valence-electron chi connectivity index (χ0n) is 16.0. The Morgan fingerprint density at radius 1 is 1.32 bits per heavy atom. The van der Waals surface area contributed by atoms with Crippen molar-refractivity contribution in [2.75, 3.05) is 6.54 Å². The SMILES string of the molecule is CCC(CC)C(=O)N1C[C@@H](NC(=O)CC(C)C)C[C@H]1c1n[nH]c(C)n1. The van der Waals surface area contributed by atoms with Crippen molar-refractivity contribution in [1.82, 2.24) is 25.4 Å². The van der Waals surface area contributed by atoms with Crippen molar-refractivity contribution < 1.29 is 9.59 Å². The molecule has 1 aliphatic rings. The fraction of sp³-hybridized carbons (Fsp3) is 0.778. The second-order valence-electron chi connectivity index (χ2n) is 7.40. The summed E-state index contributed by atoms with van der Waals surface area (Å²) in [6.07, 6.45) is 2.79. The highest BCUT2D eigenvalue weighted by molar-refractivity contribution is 5.80. The third kappa shape index (κ3) is 4.80. The van der Waals surface area contributed by atoms with Crippen molar-refractivity contribution >= 4 is 11.8 Å². The standard InChI is InChI=1S/C18H31N5O2/c1-6-13(7-2)18(25)23-10-14(20-16(24)8-11(3)4)9-15(23)17-19-12(5)21-22-17/h11,13-15H,6-10H2,1-5H3,(H,20,24)(H,19,21,22)/t14-,15-/m0/s1. The first-order chi connectivity index (χ1) is 11.8. The number of aromatic nitrogens is 3. The molecule has 0 unspecified atom stereocenters. The van der Waals surface area contributed by atoms with Gasteiger partial charge in [0.05, 0.1) is 6.04 Å². The van der Waals surface area contributed by atoms with Crippen LogP contribution in [0.2, 0.25) is 0 Å². The summed E-state index contributed by atoms with van der Waals surface area (Å²) >= 11 is 0. The van der Waals surface area contributed by atoms with Gasteiger partial charge in [-0.3, -0.25) is 14.7 Å². The van der Waals surface area contributed by atoms with Crippen LogP contribution in [0.5, 0.6) is 0 Å². The molecule has 25 heavy (non-hydrogen) atoms. The number of aryl methyl sites for hydroxylation is 1. The highest BCUT2D eigenvalue weighted by Gasteiger charge is 2.40. The zero-order valence-corrected chi connectivity index (χ0v) is 16.0. The van der Waals surface area contributed by atoms with Gasteiger partial charge in [-0.25, -0.2) is 4.98 Å². The molecule has 0 aromatic carbocycles. The van der Waals surface area contributed by atoms with Gasteiger partial charge in [-0.1, -0.05) is 27.7 Å². The van der Waals surface area contributed by atoms with E-state index < -0.39 is 0 Å². The van der Waals surface area contributed by atoms with Gasteiger partial charge in [-0.05, 0) is 32.1 Å². The number of aromatic amines is 1. The summed E-state index contributed by atoms with van der Waals surface area (Å²) in [6.45, 7) is 10.5. The number of hydrogen-bond acceptors (Lipinski definition) is 4. The van der Waals surface area contributed by atoms with Gasteiger partial charge in [-0.15, -0.1) is 0 Å². The van der Waals surface area contributed by atoms with Crippen LogP contribution in [0.25, 0.3) is 0 Å². The van der Waals surface area contributed by atoms with Crippen LogP contribution < -0.4 is 5.32 Å². The predicted octanol–water partition coefficient (Wildman–Crippen LogP) is 2.35. The maximum atomic E-state index is 13.0. The smallest absolute Gasteiger partial charge is 0.226 e. The van der Waals surface area contributed by atoms with Gasteiger partial charge in [0.1, 0.15) is 5.82 Å². The Balaban J connectivity index is 2.15. The number of hydrogen-bond donors (Lipinski definition) is 2. The molecule has 1 fully saturated rings. The Hall–Kier alpha value is -1.92. The maximum absolute atomic E-state index is 13.0. The van der Waals surface area contributed by atoms with Crippen LogP contribution in [0.4, 0.5) is 0 Å². The molecule has 7 heteroatoms. The Labute approximate surface area is 150 Å². The number of nitrogens with zero attached hydrogens (tertiary/aromatic N) is 3. The average Bonchev–Trinajstić information content (AvgIpc) is 3.13. The zero-order chi connectivity index (χ0) is 18.6. The Bertz CT molecular complexity index is 594. The highest BCUT2D eigenvalue weighted by atomic mass is 16.2. The summed E-state index contributed by atoms with van der Waals surface area (Å²) in [4.78, 5) is 31.4. The summed E-state index contributed by atoms with van der Waals surface area (Å²) in [6, 6.07) is -0.226. The van der Waals surface area contributed by atoms with Crippen LogP contribution in [0.15, 0.2) is 0 Å². The van der Waals surface area contributed by atoms with Gasteiger partial charge in [0.15, 0.2) is 5.82 Å². The minimum absolute atomic E-state index is 0.00709. The average molecular weight is 349 g/mol. The topological polar surface area (TPSA) is 91.0 Å². The van der Waals surface area contributed by atoms with Gasteiger partial charge in [0, 0.05) is 24.9 Å². The Morgan fingerprint density at radius 2 is 2.00 bits per heavy atom. The number of carbonyl (C=O) groups excluding carboxylic acids is 2. The molecular formula is C18H31N5O2. The quantitative estimate of drug-likeness (QED) is 0.790. The minimum Gasteiger partial charge on any atom is -0.351 e. The molecule has 2 heterocycles. The summed E-state index contributed by atoms with van der Waals surface area (Å²) in [5, 5.41) is 10.2. The van der Waals surface area contributed by atoms with Gasteiger partial charge in [-0.2, -0.15) is 5.10 Å². The van der Waals surface area contributed by atoms with Gasteiger partial charge < -0.3 is 10.2 Å². The van der Waals surface area contributed by atoms with Crippen molar-refractivity contribution in [3.05, 3.63) is 11.6 Å². The molecule has 0 aliphatic carbocycles. The molecular weight excluding hydrogens is 318 g/mol. The lowest BCUT2D eigenvalue weighted by atomic mass is 10.0. The first kappa shape index (κ1) is 19.4. The summed E-state index contributed by atoms with van der Waals surface area (Å²) in [7, 11) is 0. The van der Waals surface area contributed by atoms with Crippen LogP contribution in [0.3, 0.4) is 0 Å². The normalized spacial score (nSPS) is 20.5. The lowest BCUT2D eigenvalue weighted by Crippen LogP contribution is -2.40. The monoisotopic (exact) mass is 349 g/mol. The van der Waals surface area contributed by atoms with Gasteiger partial charge >= 0.3 is 0 Å². The molecule has 140 valence electrons. The fourth-order valence-electron chi connectivity index (χ4n) is 3.47. The Morgan fingerprint density at radius 3 is 2.52 bits per heavy atom. The van der Waals surface area contributed by atoms with Crippen molar-refractivity contribution in [1.29, 1.82) is 0 Å². The van der Waals surface area contributed by atoms with E-state index in [-0.39, 0.29) is 29.8 Å². The molecule has 7 nitrogen and oxygen atoms in total. The number of likely N-dealkylation sites (tertiary alicyclic amines) is 1. The van der Waals surface area contributed by atoms with E-state index in [1.165, 1.54) is 0 Å². The van der Waals surface area contributed by atoms with Gasteiger partial charge in [0.25, 0.3) is 0 Å². The van der Waals surface area contributed by atoms with Crippen molar-refractivity contribution in [2.24, 2.45) is 11.8 Å². The first-order valence-electron chi connectivity index (χ1n) is 9.34. The molecule has 2 atom stereocenters. The molecule has 0 saturated carbocycles. The molecule has 1 aromatic rings. The molecule has 0 radical (unpaired) electrons. The van der Waals surface area contributed by atoms with E-state index in [0.29, 0.717) is 31.1 Å². The van der Waals surface area contributed by atoms with Crippen molar-refractivity contribution in [3.63, 3.8) is 0 Å². The van der Waals surface area contributed by atoms with E-state index in [9.17, 15) is 9.59 Å². The minimum atomic E-state index is -0.178. The second-order valence-corrected chi connectivity index (χ2v) is 7.40. The molecule has 2 amide bonds. The molecule has 1 aliphatic heterocycles. The first-order valence-corrected chi connectivity index (χ1v) is 9.34. The fourth-order valence-corrected chi connectivity index (χ4v) is 3.47. The van der Waals surface area contributed by atoms with Crippen molar-refractivity contribution in [2.45, 2.75) is 72.4 Å². The number of carbonyl (C=O) groups is 2. The van der Waals surface area contributed by atoms with Crippen LogP contribution >= 0.6 is 0 Å². The summed E-state index contributed by atoms with van der Waals surface area (Å²) < 4.78 is 0. The molecule has 2 rings (SSSR count). The van der Waals surface area contributed by atoms with E-state index in [1.807, 2.05) is 39.5 Å². The summed E-state index contributed by atoms with van der Waals surface area (Å²) in [5.74, 6) is 1.87. The Kier molecular flexibility index (Phi) is 6.56. The molecule has 0 bridgehead atoms. The number of rotatable bonds is 7. The molecule has 1 aromatic heterocycles.